The van der Waals surface area contributed by atoms with Crippen LogP contribution in [0.25, 0.3) is 0 Å². The molecular weight excluding hydrogens is 1030 g/mol. The van der Waals surface area contributed by atoms with E-state index in [0.717, 1.165) is 38.5 Å². The normalized spacial score (nSPS) is 12.2. The Hall–Kier alpha value is -1.62. The molecule has 0 spiro atoms. The molecule has 0 fully saturated rings. The highest BCUT2D eigenvalue weighted by Crippen LogP contribution is 2.20. The topological polar surface area (TPSA) is 72.8 Å². The van der Waals surface area contributed by atoms with Crippen LogP contribution in [-0.2, 0) is 19.1 Å². The highest BCUT2D eigenvalue weighted by atomic mass is 16.6. The molecule has 1 atom stereocenters. The van der Waals surface area contributed by atoms with E-state index < -0.39 is 6.10 Å². The second kappa shape index (κ2) is 75.6. The van der Waals surface area contributed by atoms with Gasteiger partial charge in [-0.1, -0.05) is 417 Å². The number of hydrogen-bond acceptors (Lipinski definition) is 5. The van der Waals surface area contributed by atoms with E-state index in [2.05, 4.69) is 38.2 Å². The molecular formula is C79H152O5. The van der Waals surface area contributed by atoms with Crippen LogP contribution in [0, 0.1) is 0 Å². The summed E-state index contributed by atoms with van der Waals surface area (Å²) in [6.45, 7) is 4.21. The van der Waals surface area contributed by atoms with Gasteiger partial charge in [-0.15, -0.1) is 0 Å². The second-order valence-electron chi connectivity index (χ2n) is 26.8. The summed E-state index contributed by atoms with van der Waals surface area (Å²) in [6, 6.07) is 0. The molecule has 0 aromatic carbocycles. The Balaban J connectivity index is 3.35. The third-order valence-corrected chi connectivity index (χ3v) is 18.2. The van der Waals surface area contributed by atoms with E-state index in [9.17, 15) is 14.7 Å². The Morgan fingerprint density at radius 3 is 0.702 bits per heavy atom. The fourth-order valence-electron chi connectivity index (χ4n) is 12.4. The zero-order valence-electron chi connectivity index (χ0n) is 57.5. The van der Waals surface area contributed by atoms with E-state index in [4.69, 9.17) is 9.47 Å². The minimum atomic E-state index is -0.768. The fourth-order valence-corrected chi connectivity index (χ4v) is 12.4. The number of rotatable bonds is 74. The molecule has 0 aromatic heterocycles. The molecule has 0 aliphatic heterocycles. The summed E-state index contributed by atoms with van der Waals surface area (Å²) in [6.07, 6.45) is 99.8. The predicted octanol–water partition coefficient (Wildman–Crippen LogP) is 27.1. The van der Waals surface area contributed by atoms with Gasteiger partial charge in [0.2, 0.25) is 0 Å². The molecule has 5 nitrogen and oxygen atoms in total. The van der Waals surface area contributed by atoms with Crippen LogP contribution < -0.4 is 0 Å². The molecule has 0 radical (unpaired) electrons. The van der Waals surface area contributed by atoms with Crippen LogP contribution in [-0.4, -0.2) is 36.4 Å². The lowest BCUT2D eigenvalue weighted by atomic mass is 10.0. The maximum atomic E-state index is 12.4. The van der Waals surface area contributed by atoms with Gasteiger partial charge in [-0.05, 0) is 44.9 Å². The molecule has 5 heteroatoms. The molecule has 0 aliphatic carbocycles. The van der Waals surface area contributed by atoms with Gasteiger partial charge < -0.3 is 14.6 Å². The third kappa shape index (κ3) is 72.9. The van der Waals surface area contributed by atoms with E-state index in [1.165, 1.54) is 385 Å². The van der Waals surface area contributed by atoms with E-state index in [0.29, 0.717) is 12.8 Å². The van der Waals surface area contributed by atoms with Crippen LogP contribution in [0.15, 0.2) is 24.3 Å². The monoisotopic (exact) mass is 1180 g/mol. The molecule has 0 heterocycles. The number of ether oxygens (including phenoxy) is 2. The summed E-state index contributed by atoms with van der Waals surface area (Å²) in [5.41, 5.74) is 0. The molecule has 0 saturated heterocycles. The minimum Gasteiger partial charge on any atom is -0.462 e. The standard InChI is InChI=1S/C79H152O5/c1-3-5-7-9-11-13-15-17-19-21-23-25-27-29-31-33-35-36-37-38-39-40-41-42-44-46-48-50-52-54-56-58-60-62-64-66-68-70-72-74-79(82)84-77(75-80)76-83-78(81)73-71-69-67-65-63-61-59-57-55-53-51-49-47-45-43-34-32-30-28-26-24-22-20-18-16-14-12-10-8-6-4-2/h15,17,21,23,77,80H,3-14,16,18-20,22,24-76H2,1-2H3/b17-15-,23-21-. The van der Waals surface area contributed by atoms with Crippen LogP contribution in [0.1, 0.15) is 450 Å². The average Bonchev–Trinajstić information content (AvgIpc) is 3.51. The van der Waals surface area contributed by atoms with E-state index in [-0.39, 0.29) is 25.2 Å². The Bertz CT molecular complexity index is 1290. The number of carbonyl (C=O) groups excluding carboxylic acids is 2. The first-order valence-electron chi connectivity index (χ1n) is 38.9. The molecule has 0 rings (SSSR count). The minimum absolute atomic E-state index is 0.0567. The largest absolute Gasteiger partial charge is 0.462 e. The van der Waals surface area contributed by atoms with Crippen molar-refractivity contribution in [2.24, 2.45) is 0 Å². The van der Waals surface area contributed by atoms with Gasteiger partial charge in [0.1, 0.15) is 6.61 Å². The molecule has 1 unspecified atom stereocenters. The van der Waals surface area contributed by atoms with Crippen molar-refractivity contribution in [3.8, 4) is 0 Å². The van der Waals surface area contributed by atoms with Gasteiger partial charge in [0.25, 0.3) is 0 Å². The van der Waals surface area contributed by atoms with Crippen LogP contribution >= 0.6 is 0 Å². The number of unbranched alkanes of at least 4 members (excludes halogenated alkanes) is 62. The van der Waals surface area contributed by atoms with Gasteiger partial charge >= 0.3 is 11.9 Å². The molecule has 84 heavy (non-hydrogen) atoms. The van der Waals surface area contributed by atoms with Gasteiger partial charge in [0.15, 0.2) is 6.10 Å². The Labute approximate surface area is 527 Å². The first kappa shape index (κ1) is 82.4. The molecule has 0 amide bonds. The van der Waals surface area contributed by atoms with Crippen LogP contribution in [0.4, 0.5) is 0 Å². The molecule has 0 bridgehead atoms. The van der Waals surface area contributed by atoms with Crippen molar-refractivity contribution < 1.29 is 24.2 Å². The summed E-state index contributed by atoms with van der Waals surface area (Å²) in [4.78, 5) is 24.7. The molecule has 0 aromatic rings. The smallest absolute Gasteiger partial charge is 0.306 e. The van der Waals surface area contributed by atoms with E-state index in [1.807, 2.05) is 0 Å². The zero-order valence-corrected chi connectivity index (χ0v) is 57.5. The average molecular weight is 1180 g/mol. The lowest BCUT2D eigenvalue weighted by Crippen LogP contribution is -2.28. The summed E-state index contributed by atoms with van der Waals surface area (Å²) < 4.78 is 10.8. The van der Waals surface area contributed by atoms with Crippen molar-refractivity contribution >= 4 is 11.9 Å². The van der Waals surface area contributed by atoms with Gasteiger partial charge in [0.05, 0.1) is 6.61 Å². The molecule has 498 valence electrons. The van der Waals surface area contributed by atoms with E-state index >= 15 is 0 Å². The fraction of sp³-hybridized carbons (Fsp3) is 0.924. The lowest BCUT2D eigenvalue weighted by Gasteiger charge is -2.15. The number of hydrogen-bond donors (Lipinski definition) is 1. The number of aliphatic hydroxyl groups excluding tert-OH is 1. The Morgan fingerprint density at radius 1 is 0.274 bits per heavy atom. The van der Waals surface area contributed by atoms with Gasteiger partial charge in [-0.3, -0.25) is 9.59 Å². The first-order chi connectivity index (χ1) is 41.6. The first-order valence-corrected chi connectivity index (χ1v) is 38.9. The highest BCUT2D eigenvalue weighted by Gasteiger charge is 2.16. The zero-order chi connectivity index (χ0) is 60.5. The number of allylic oxidation sites excluding steroid dienone is 4. The maximum absolute atomic E-state index is 12.4. The van der Waals surface area contributed by atoms with Crippen molar-refractivity contribution in [3.63, 3.8) is 0 Å². The van der Waals surface area contributed by atoms with Crippen LogP contribution in [0.2, 0.25) is 0 Å². The molecule has 0 saturated carbocycles. The predicted molar refractivity (Wildman–Crippen MR) is 372 cm³/mol. The summed E-state index contributed by atoms with van der Waals surface area (Å²) in [5, 5.41) is 9.72. The Morgan fingerprint density at radius 2 is 0.476 bits per heavy atom. The van der Waals surface area contributed by atoms with Gasteiger partial charge in [0, 0.05) is 12.8 Å². The SMILES string of the molecule is CCCCCCC/C=C\C/C=C\CCCCCCCCCCCCCCCCCCCCCCCCCCCCCC(=O)OC(CO)COC(=O)CCCCCCCCCCCCCCCCCCCCCCCCCCCCCCCCC. The lowest BCUT2D eigenvalue weighted by molar-refractivity contribution is -0.161. The molecule has 0 aliphatic rings. The van der Waals surface area contributed by atoms with Crippen molar-refractivity contribution in [1.29, 1.82) is 0 Å². The second-order valence-corrected chi connectivity index (χ2v) is 26.8. The van der Waals surface area contributed by atoms with Crippen LogP contribution in [0.3, 0.4) is 0 Å². The maximum Gasteiger partial charge on any atom is 0.306 e. The Kier molecular flexibility index (Phi) is 74.2. The highest BCUT2D eigenvalue weighted by molar-refractivity contribution is 5.70. The van der Waals surface area contributed by atoms with Crippen molar-refractivity contribution in [2.75, 3.05) is 13.2 Å². The summed E-state index contributed by atoms with van der Waals surface area (Å²) >= 11 is 0. The summed E-state index contributed by atoms with van der Waals surface area (Å²) in [7, 11) is 0. The number of carbonyl (C=O) groups is 2. The van der Waals surface area contributed by atoms with Crippen molar-refractivity contribution in [1.82, 2.24) is 0 Å². The number of aliphatic hydroxyl groups is 1. The van der Waals surface area contributed by atoms with Crippen molar-refractivity contribution in [3.05, 3.63) is 24.3 Å². The van der Waals surface area contributed by atoms with Crippen molar-refractivity contribution in [2.45, 2.75) is 457 Å². The number of esters is 2. The van der Waals surface area contributed by atoms with Gasteiger partial charge in [-0.2, -0.15) is 0 Å². The van der Waals surface area contributed by atoms with E-state index in [1.54, 1.807) is 0 Å². The molecule has 1 N–H and O–H groups in total. The van der Waals surface area contributed by atoms with Gasteiger partial charge in [-0.25, -0.2) is 0 Å². The third-order valence-electron chi connectivity index (χ3n) is 18.2. The van der Waals surface area contributed by atoms with Crippen LogP contribution in [0.5, 0.6) is 0 Å². The summed E-state index contributed by atoms with van der Waals surface area (Å²) in [5.74, 6) is -0.559. The quantitative estimate of drug-likeness (QED) is 0.0373.